The van der Waals surface area contributed by atoms with E-state index in [4.69, 9.17) is 0 Å². The van der Waals surface area contributed by atoms with Gasteiger partial charge in [-0.25, -0.2) is 0 Å². The van der Waals surface area contributed by atoms with Crippen LogP contribution >= 0.6 is 0 Å². The minimum Gasteiger partial charge on any atom is -0.378 e. The Hall–Kier alpha value is -3.98. The Morgan fingerprint density at radius 2 is 1.06 bits per heavy atom. The highest BCUT2D eigenvalue weighted by Crippen LogP contribution is 2.44. The molecule has 3 heteroatoms. The maximum Gasteiger partial charge on any atom is 0.0530 e. The summed E-state index contributed by atoms with van der Waals surface area (Å²) < 4.78 is 2.36. The quantitative estimate of drug-likeness (QED) is 0.267. The standard InChI is InChI=1S/C32H33N3/c1-33(2)26-19-15-23(16-20-26)30(24-17-21-27(22-18-24)34(3)4)31-28-13-9-10-14-29(28)35(5)32(31)25-11-7-6-8-12-25/h6-22,30H,1-5H3. The van der Waals surface area contributed by atoms with Crippen LogP contribution in [-0.4, -0.2) is 32.8 Å². The molecule has 176 valence electrons. The minimum absolute atomic E-state index is 0.101. The monoisotopic (exact) mass is 459 g/mol. The van der Waals surface area contributed by atoms with E-state index in [2.05, 4.69) is 153 Å². The molecule has 1 heterocycles. The molecule has 0 saturated heterocycles. The summed E-state index contributed by atoms with van der Waals surface area (Å²) >= 11 is 0. The average molecular weight is 460 g/mol. The van der Waals surface area contributed by atoms with Gasteiger partial charge in [0, 0.05) is 63.4 Å². The Morgan fingerprint density at radius 1 is 0.571 bits per heavy atom. The first-order chi connectivity index (χ1) is 17.0. The predicted molar refractivity (Wildman–Crippen MR) is 151 cm³/mol. The third-order valence-corrected chi connectivity index (χ3v) is 6.97. The molecule has 0 amide bonds. The molecule has 0 saturated carbocycles. The molecular weight excluding hydrogens is 426 g/mol. The summed E-state index contributed by atoms with van der Waals surface area (Å²) in [5.41, 5.74) is 10.1. The zero-order valence-corrected chi connectivity index (χ0v) is 21.2. The van der Waals surface area contributed by atoms with Gasteiger partial charge in [0.1, 0.15) is 0 Å². The second kappa shape index (κ2) is 9.34. The number of benzene rings is 4. The highest BCUT2D eigenvalue weighted by Gasteiger charge is 2.26. The first-order valence-corrected chi connectivity index (χ1v) is 12.1. The zero-order chi connectivity index (χ0) is 24.5. The van der Waals surface area contributed by atoms with E-state index in [9.17, 15) is 0 Å². The van der Waals surface area contributed by atoms with Gasteiger partial charge >= 0.3 is 0 Å². The van der Waals surface area contributed by atoms with Gasteiger partial charge in [0.25, 0.3) is 0 Å². The van der Waals surface area contributed by atoms with Gasteiger partial charge in [-0.1, -0.05) is 72.8 Å². The van der Waals surface area contributed by atoms with Crippen LogP contribution < -0.4 is 9.80 Å². The van der Waals surface area contributed by atoms with E-state index in [0.29, 0.717) is 0 Å². The van der Waals surface area contributed by atoms with Crippen molar-refractivity contribution >= 4 is 22.3 Å². The Labute approximate surface area is 208 Å². The van der Waals surface area contributed by atoms with Crippen LogP contribution in [0.25, 0.3) is 22.2 Å². The summed E-state index contributed by atoms with van der Waals surface area (Å²) in [6, 6.07) is 37.6. The number of nitrogens with zero attached hydrogens (tertiary/aromatic N) is 3. The maximum absolute atomic E-state index is 2.36. The number of rotatable bonds is 6. The first-order valence-electron chi connectivity index (χ1n) is 12.1. The number of para-hydroxylation sites is 1. The van der Waals surface area contributed by atoms with Crippen molar-refractivity contribution < 1.29 is 0 Å². The molecule has 5 rings (SSSR count). The molecule has 35 heavy (non-hydrogen) atoms. The maximum atomic E-state index is 2.36. The summed E-state index contributed by atoms with van der Waals surface area (Å²) in [7, 11) is 10.5. The van der Waals surface area contributed by atoms with Crippen LogP contribution in [0, 0.1) is 0 Å². The summed E-state index contributed by atoms with van der Waals surface area (Å²) in [6.07, 6.45) is 0. The van der Waals surface area contributed by atoms with Crippen molar-refractivity contribution in [2.75, 3.05) is 38.0 Å². The van der Waals surface area contributed by atoms with Crippen molar-refractivity contribution in [3.8, 4) is 11.3 Å². The van der Waals surface area contributed by atoms with Crippen LogP contribution in [0.15, 0.2) is 103 Å². The van der Waals surface area contributed by atoms with E-state index in [0.717, 1.165) is 0 Å². The molecule has 0 unspecified atom stereocenters. The fourth-order valence-corrected chi connectivity index (χ4v) is 5.12. The van der Waals surface area contributed by atoms with Crippen molar-refractivity contribution in [2.45, 2.75) is 5.92 Å². The Bertz CT molecular complexity index is 1380. The molecule has 0 fully saturated rings. The lowest BCUT2D eigenvalue weighted by Crippen LogP contribution is -2.11. The van der Waals surface area contributed by atoms with Gasteiger partial charge in [-0.15, -0.1) is 0 Å². The molecule has 4 aromatic carbocycles. The number of aromatic nitrogens is 1. The smallest absolute Gasteiger partial charge is 0.0530 e. The Kier molecular flexibility index (Phi) is 6.08. The molecule has 0 radical (unpaired) electrons. The van der Waals surface area contributed by atoms with Crippen LogP contribution in [0.4, 0.5) is 11.4 Å². The van der Waals surface area contributed by atoms with Crippen molar-refractivity contribution in [1.29, 1.82) is 0 Å². The van der Waals surface area contributed by atoms with Crippen LogP contribution in [0.3, 0.4) is 0 Å². The van der Waals surface area contributed by atoms with Gasteiger partial charge in [-0.3, -0.25) is 0 Å². The zero-order valence-electron chi connectivity index (χ0n) is 21.2. The Morgan fingerprint density at radius 3 is 1.57 bits per heavy atom. The van der Waals surface area contributed by atoms with Crippen LogP contribution in [-0.2, 0) is 7.05 Å². The lowest BCUT2D eigenvalue weighted by molar-refractivity contribution is 0.936. The molecule has 3 nitrogen and oxygen atoms in total. The fourth-order valence-electron chi connectivity index (χ4n) is 5.12. The third kappa shape index (κ3) is 4.19. The second-order valence-corrected chi connectivity index (χ2v) is 9.61. The molecular formula is C32H33N3. The first kappa shape index (κ1) is 22.8. The molecule has 0 atom stereocenters. The molecule has 5 aromatic rings. The number of hydrogen-bond donors (Lipinski definition) is 0. The van der Waals surface area contributed by atoms with Crippen LogP contribution in [0.2, 0.25) is 0 Å². The topological polar surface area (TPSA) is 11.4 Å². The summed E-state index contributed by atoms with van der Waals surface area (Å²) in [5, 5.41) is 1.30. The van der Waals surface area contributed by atoms with Crippen LogP contribution in [0.5, 0.6) is 0 Å². The highest BCUT2D eigenvalue weighted by molar-refractivity contribution is 5.93. The van der Waals surface area contributed by atoms with E-state index in [1.165, 1.54) is 50.2 Å². The van der Waals surface area contributed by atoms with E-state index >= 15 is 0 Å². The summed E-state index contributed by atoms with van der Waals surface area (Å²) in [6.45, 7) is 0. The molecule has 1 aromatic heterocycles. The summed E-state index contributed by atoms with van der Waals surface area (Å²) in [5.74, 6) is 0.101. The normalized spacial score (nSPS) is 11.3. The Balaban J connectivity index is 1.81. The average Bonchev–Trinajstić information content (AvgIpc) is 3.17. The third-order valence-electron chi connectivity index (χ3n) is 6.97. The van der Waals surface area contributed by atoms with Gasteiger partial charge in [0.05, 0.1) is 5.69 Å². The van der Waals surface area contributed by atoms with E-state index in [1.54, 1.807) is 0 Å². The molecule has 0 aliphatic rings. The fraction of sp³-hybridized carbons (Fsp3) is 0.188. The van der Waals surface area contributed by atoms with Crippen molar-refractivity contribution in [1.82, 2.24) is 4.57 Å². The second-order valence-electron chi connectivity index (χ2n) is 9.61. The SMILES string of the molecule is CN(C)c1ccc(C(c2ccc(N(C)C)cc2)c2c(-c3ccccc3)n(C)c3ccccc23)cc1. The van der Waals surface area contributed by atoms with Gasteiger partial charge < -0.3 is 14.4 Å². The van der Waals surface area contributed by atoms with Crippen molar-refractivity contribution in [3.63, 3.8) is 0 Å². The highest BCUT2D eigenvalue weighted by atomic mass is 15.1. The number of hydrogen-bond acceptors (Lipinski definition) is 2. The lowest BCUT2D eigenvalue weighted by Gasteiger charge is -2.23. The van der Waals surface area contributed by atoms with E-state index < -0.39 is 0 Å². The number of aryl methyl sites for hydroxylation is 1. The lowest BCUT2D eigenvalue weighted by atomic mass is 9.82. The van der Waals surface area contributed by atoms with Gasteiger partial charge in [-0.2, -0.15) is 0 Å². The molecule has 0 N–H and O–H groups in total. The molecule has 0 aliphatic carbocycles. The summed E-state index contributed by atoms with van der Waals surface area (Å²) in [4.78, 5) is 4.30. The number of anilines is 2. The molecule has 0 bridgehead atoms. The van der Waals surface area contributed by atoms with Crippen molar-refractivity contribution in [3.05, 3.63) is 120 Å². The van der Waals surface area contributed by atoms with Crippen molar-refractivity contribution in [2.24, 2.45) is 7.05 Å². The molecule has 0 aliphatic heterocycles. The van der Waals surface area contributed by atoms with Gasteiger partial charge in [0.15, 0.2) is 0 Å². The van der Waals surface area contributed by atoms with Gasteiger partial charge in [0.2, 0.25) is 0 Å². The minimum atomic E-state index is 0.101. The van der Waals surface area contributed by atoms with Crippen LogP contribution in [0.1, 0.15) is 22.6 Å². The number of fused-ring (bicyclic) bond motifs is 1. The van der Waals surface area contributed by atoms with E-state index in [-0.39, 0.29) is 5.92 Å². The molecule has 0 spiro atoms. The largest absolute Gasteiger partial charge is 0.378 e. The predicted octanol–water partition coefficient (Wildman–Crippen LogP) is 7.16. The van der Waals surface area contributed by atoms with Gasteiger partial charge in [-0.05, 0) is 52.6 Å². The van der Waals surface area contributed by atoms with E-state index in [1.807, 2.05) is 0 Å².